The minimum Gasteiger partial charge on any atom is -0.481 e. The number of ether oxygens (including phenoxy) is 1. The molecule has 5 heteroatoms. The van der Waals surface area contributed by atoms with Gasteiger partial charge in [0.15, 0.2) is 0 Å². The van der Waals surface area contributed by atoms with Crippen LogP contribution in [0.1, 0.15) is 31.2 Å². The summed E-state index contributed by atoms with van der Waals surface area (Å²) in [6, 6.07) is 9.89. The van der Waals surface area contributed by atoms with Crippen LogP contribution in [0.2, 0.25) is 0 Å². The third-order valence-electron chi connectivity index (χ3n) is 4.10. The number of carbonyl (C=O) groups excluding carboxylic acids is 1. The number of carbonyl (C=O) groups is 2. The average molecular weight is 305 g/mol. The second kappa shape index (κ2) is 8.54. The summed E-state index contributed by atoms with van der Waals surface area (Å²) in [5.74, 6) is -1.05. The molecular weight excluding hydrogens is 282 g/mol. The Morgan fingerprint density at radius 1 is 1.09 bits per heavy atom. The Labute approximate surface area is 130 Å². The number of nitrogens with one attached hydrogen (secondary N) is 1. The van der Waals surface area contributed by atoms with Gasteiger partial charge in [-0.25, -0.2) is 0 Å². The molecule has 0 bridgehead atoms. The van der Waals surface area contributed by atoms with Gasteiger partial charge in [0, 0.05) is 12.5 Å². The van der Waals surface area contributed by atoms with E-state index in [9.17, 15) is 9.59 Å². The summed E-state index contributed by atoms with van der Waals surface area (Å²) in [4.78, 5) is 22.9. The summed E-state index contributed by atoms with van der Waals surface area (Å²) in [6.07, 6.45) is 2.51. The number of carboxylic acids is 1. The fourth-order valence-corrected chi connectivity index (χ4v) is 2.76. The van der Waals surface area contributed by atoms with Gasteiger partial charge in [0.25, 0.3) is 0 Å². The number of amides is 1. The molecule has 1 aromatic carbocycles. The van der Waals surface area contributed by atoms with E-state index in [0.29, 0.717) is 45.4 Å². The quantitative estimate of drug-likeness (QED) is 0.757. The molecule has 1 saturated carbocycles. The fourth-order valence-electron chi connectivity index (χ4n) is 2.76. The molecule has 1 amide bonds. The summed E-state index contributed by atoms with van der Waals surface area (Å²) >= 11 is 0. The van der Waals surface area contributed by atoms with Gasteiger partial charge in [-0.05, 0) is 31.2 Å². The van der Waals surface area contributed by atoms with Crippen LogP contribution < -0.4 is 5.32 Å². The molecule has 0 radical (unpaired) electrons. The third kappa shape index (κ3) is 5.15. The lowest BCUT2D eigenvalue weighted by molar-refractivity contribution is -0.144. The first-order chi connectivity index (χ1) is 10.7. The highest BCUT2D eigenvalue weighted by Gasteiger charge is 2.29. The van der Waals surface area contributed by atoms with Crippen LogP contribution in [-0.2, 0) is 20.9 Å². The summed E-state index contributed by atoms with van der Waals surface area (Å²) in [6.45, 7) is 1.51. The van der Waals surface area contributed by atoms with Crippen molar-refractivity contribution < 1.29 is 19.4 Å². The highest BCUT2D eigenvalue weighted by molar-refractivity contribution is 5.79. The van der Waals surface area contributed by atoms with Crippen molar-refractivity contribution in [2.45, 2.75) is 32.3 Å². The topological polar surface area (TPSA) is 75.6 Å². The molecule has 22 heavy (non-hydrogen) atoms. The highest BCUT2D eigenvalue weighted by atomic mass is 16.5. The zero-order chi connectivity index (χ0) is 15.8. The van der Waals surface area contributed by atoms with Gasteiger partial charge in [-0.2, -0.15) is 0 Å². The van der Waals surface area contributed by atoms with E-state index in [4.69, 9.17) is 9.84 Å². The number of hydrogen-bond acceptors (Lipinski definition) is 3. The lowest BCUT2D eigenvalue weighted by Gasteiger charge is -2.25. The maximum absolute atomic E-state index is 12.0. The summed E-state index contributed by atoms with van der Waals surface area (Å²) in [5, 5.41) is 11.8. The van der Waals surface area contributed by atoms with Crippen molar-refractivity contribution >= 4 is 11.9 Å². The maximum Gasteiger partial charge on any atom is 0.306 e. The van der Waals surface area contributed by atoms with Gasteiger partial charge in [0.05, 0.1) is 19.1 Å². The van der Waals surface area contributed by atoms with Gasteiger partial charge in [-0.1, -0.05) is 30.3 Å². The van der Waals surface area contributed by atoms with Gasteiger partial charge in [-0.3, -0.25) is 9.59 Å². The smallest absolute Gasteiger partial charge is 0.306 e. The van der Waals surface area contributed by atoms with Crippen LogP contribution in [0.5, 0.6) is 0 Å². The van der Waals surface area contributed by atoms with E-state index in [1.54, 1.807) is 0 Å². The van der Waals surface area contributed by atoms with Crippen LogP contribution >= 0.6 is 0 Å². The lowest BCUT2D eigenvalue weighted by Crippen LogP contribution is -2.36. The van der Waals surface area contributed by atoms with E-state index in [1.807, 2.05) is 30.3 Å². The molecule has 0 atom stereocenters. The normalized spacial score (nSPS) is 21.3. The number of carboxylic acid groups (broad SMARTS) is 1. The Balaban J connectivity index is 1.57. The molecule has 1 aliphatic carbocycles. The predicted octanol–water partition coefficient (Wildman–Crippen LogP) is 2.21. The largest absolute Gasteiger partial charge is 0.481 e. The molecule has 0 aromatic heterocycles. The van der Waals surface area contributed by atoms with Crippen LogP contribution in [0.4, 0.5) is 0 Å². The number of aliphatic carboxylic acids is 1. The maximum atomic E-state index is 12.0. The van der Waals surface area contributed by atoms with Crippen LogP contribution in [0.15, 0.2) is 30.3 Å². The second-order valence-corrected chi connectivity index (χ2v) is 5.72. The SMILES string of the molecule is O=C(O)C1CCC(C(=O)NCCOCc2ccccc2)CC1. The standard InChI is InChI=1S/C17H23NO4/c19-16(14-6-8-15(9-7-14)17(20)21)18-10-11-22-12-13-4-2-1-3-5-13/h1-5,14-15H,6-12H2,(H,18,19)(H,20,21). The van der Waals surface area contributed by atoms with E-state index in [-0.39, 0.29) is 17.7 Å². The third-order valence-corrected chi connectivity index (χ3v) is 4.10. The lowest BCUT2D eigenvalue weighted by atomic mass is 9.81. The van der Waals surface area contributed by atoms with E-state index >= 15 is 0 Å². The molecule has 0 saturated heterocycles. The number of hydrogen-bond donors (Lipinski definition) is 2. The van der Waals surface area contributed by atoms with Crippen molar-refractivity contribution in [1.82, 2.24) is 5.32 Å². The fraction of sp³-hybridized carbons (Fsp3) is 0.529. The van der Waals surface area contributed by atoms with Crippen molar-refractivity contribution in [3.63, 3.8) is 0 Å². The molecule has 1 fully saturated rings. The zero-order valence-electron chi connectivity index (χ0n) is 12.7. The number of benzene rings is 1. The van der Waals surface area contributed by atoms with Gasteiger partial charge < -0.3 is 15.2 Å². The molecule has 0 spiro atoms. The highest BCUT2D eigenvalue weighted by Crippen LogP contribution is 2.28. The molecule has 0 heterocycles. The van der Waals surface area contributed by atoms with E-state index in [0.717, 1.165) is 5.56 Å². The Kier molecular flexibility index (Phi) is 6.40. The van der Waals surface area contributed by atoms with E-state index in [1.165, 1.54) is 0 Å². The molecule has 1 aromatic rings. The van der Waals surface area contributed by atoms with Gasteiger partial charge in [0.1, 0.15) is 0 Å². The van der Waals surface area contributed by atoms with Crippen molar-refractivity contribution in [2.24, 2.45) is 11.8 Å². The monoisotopic (exact) mass is 305 g/mol. The zero-order valence-corrected chi connectivity index (χ0v) is 12.7. The number of rotatable bonds is 7. The minimum absolute atomic E-state index is 0.0205. The molecule has 5 nitrogen and oxygen atoms in total. The molecule has 120 valence electrons. The first-order valence-electron chi connectivity index (χ1n) is 7.79. The van der Waals surface area contributed by atoms with Crippen molar-refractivity contribution in [1.29, 1.82) is 0 Å². The van der Waals surface area contributed by atoms with Gasteiger partial charge in [0.2, 0.25) is 5.91 Å². The molecule has 2 N–H and O–H groups in total. The van der Waals surface area contributed by atoms with Crippen LogP contribution in [-0.4, -0.2) is 30.1 Å². The van der Waals surface area contributed by atoms with Crippen molar-refractivity contribution in [3.05, 3.63) is 35.9 Å². The molecule has 0 unspecified atom stereocenters. The average Bonchev–Trinajstić information content (AvgIpc) is 2.55. The summed E-state index contributed by atoms with van der Waals surface area (Å²) in [5.41, 5.74) is 1.11. The van der Waals surface area contributed by atoms with Crippen molar-refractivity contribution in [2.75, 3.05) is 13.2 Å². The Hall–Kier alpha value is -1.88. The Bertz CT molecular complexity index is 481. The van der Waals surface area contributed by atoms with Gasteiger partial charge >= 0.3 is 5.97 Å². The second-order valence-electron chi connectivity index (χ2n) is 5.72. The molecule has 2 rings (SSSR count). The summed E-state index contributed by atoms with van der Waals surface area (Å²) < 4.78 is 5.51. The molecular formula is C17H23NO4. The molecule has 0 aliphatic heterocycles. The van der Waals surface area contributed by atoms with Crippen LogP contribution in [0, 0.1) is 11.8 Å². The first-order valence-corrected chi connectivity index (χ1v) is 7.79. The van der Waals surface area contributed by atoms with Gasteiger partial charge in [-0.15, -0.1) is 0 Å². The van der Waals surface area contributed by atoms with Crippen molar-refractivity contribution in [3.8, 4) is 0 Å². The Morgan fingerprint density at radius 2 is 1.73 bits per heavy atom. The first kappa shape index (κ1) is 16.5. The summed E-state index contributed by atoms with van der Waals surface area (Å²) in [7, 11) is 0. The van der Waals surface area contributed by atoms with Crippen LogP contribution in [0.25, 0.3) is 0 Å². The predicted molar refractivity (Wildman–Crippen MR) is 82.2 cm³/mol. The van der Waals surface area contributed by atoms with E-state index < -0.39 is 5.97 Å². The minimum atomic E-state index is -0.742. The van der Waals surface area contributed by atoms with Crippen LogP contribution in [0.3, 0.4) is 0 Å². The Morgan fingerprint density at radius 3 is 2.36 bits per heavy atom. The molecule has 1 aliphatic rings. The van der Waals surface area contributed by atoms with E-state index in [2.05, 4.69) is 5.32 Å².